The van der Waals surface area contributed by atoms with E-state index < -0.39 is 0 Å². The maximum atomic E-state index is 3.80. The molecule has 0 saturated heterocycles. The molecule has 2 unspecified atom stereocenters. The standard InChI is InChI=1S/C19H33N/c1-6-7-9-14-18(17-12-10-8-11-13-17)20-15-16(2)19(3,4)5/h8,10-13,16,18,20H,6-7,9,14-15H2,1-5H3. The van der Waals surface area contributed by atoms with Crippen LogP contribution in [-0.2, 0) is 0 Å². The van der Waals surface area contributed by atoms with E-state index in [-0.39, 0.29) is 0 Å². The second kappa shape index (κ2) is 8.46. The summed E-state index contributed by atoms with van der Waals surface area (Å²) in [6.07, 6.45) is 5.18. The van der Waals surface area contributed by atoms with E-state index in [0.29, 0.717) is 17.4 Å². The minimum atomic E-state index is 0.373. The molecule has 0 saturated carbocycles. The third kappa shape index (κ3) is 6.09. The van der Waals surface area contributed by atoms with Gasteiger partial charge < -0.3 is 5.32 Å². The van der Waals surface area contributed by atoms with Crippen molar-refractivity contribution in [3.8, 4) is 0 Å². The summed E-state index contributed by atoms with van der Waals surface area (Å²) in [5, 5.41) is 3.80. The molecule has 1 heteroatoms. The predicted molar refractivity (Wildman–Crippen MR) is 89.9 cm³/mol. The van der Waals surface area contributed by atoms with Gasteiger partial charge in [0, 0.05) is 6.04 Å². The maximum Gasteiger partial charge on any atom is 0.0320 e. The predicted octanol–water partition coefficient (Wildman–Crippen LogP) is 5.58. The highest BCUT2D eigenvalue weighted by Gasteiger charge is 2.21. The fourth-order valence-corrected chi connectivity index (χ4v) is 2.30. The van der Waals surface area contributed by atoms with Crippen molar-refractivity contribution in [3.05, 3.63) is 35.9 Å². The average Bonchev–Trinajstić information content (AvgIpc) is 2.42. The zero-order valence-corrected chi connectivity index (χ0v) is 14.1. The van der Waals surface area contributed by atoms with E-state index >= 15 is 0 Å². The van der Waals surface area contributed by atoms with Gasteiger partial charge in [0.1, 0.15) is 0 Å². The molecule has 0 aliphatic carbocycles. The molecule has 1 rings (SSSR count). The molecule has 0 bridgehead atoms. The number of hydrogen-bond acceptors (Lipinski definition) is 1. The van der Waals surface area contributed by atoms with Crippen molar-refractivity contribution in [2.24, 2.45) is 11.3 Å². The van der Waals surface area contributed by atoms with E-state index in [9.17, 15) is 0 Å². The Hall–Kier alpha value is -0.820. The first-order valence-corrected chi connectivity index (χ1v) is 8.23. The molecular formula is C19H33N. The molecule has 114 valence electrons. The van der Waals surface area contributed by atoms with Crippen LogP contribution < -0.4 is 5.32 Å². The molecule has 1 aromatic carbocycles. The molecule has 0 amide bonds. The molecule has 0 spiro atoms. The van der Waals surface area contributed by atoms with Gasteiger partial charge in [-0.15, -0.1) is 0 Å². The lowest BCUT2D eigenvalue weighted by molar-refractivity contribution is 0.243. The lowest BCUT2D eigenvalue weighted by Crippen LogP contribution is -2.32. The van der Waals surface area contributed by atoms with Gasteiger partial charge in [-0.05, 0) is 29.9 Å². The summed E-state index contributed by atoms with van der Waals surface area (Å²) < 4.78 is 0. The Morgan fingerprint density at radius 3 is 2.25 bits per heavy atom. The van der Waals surface area contributed by atoms with Crippen molar-refractivity contribution >= 4 is 0 Å². The van der Waals surface area contributed by atoms with Crippen LogP contribution in [0.2, 0.25) is 0 Å². The quantitative estimate of drug-likeness (QED) is 0.611. The largest absolute Gasteiger partial charge is 0.310 e. The van der Waals surface area contributed by atoms with Gasteiger partial charge in [0.05, 0.1) is 0 Å². The zero-order chi connectivity index (χ0) is 15.0. The van der Waals surface area contributed by atoms with Gasteiger partial charge >= 0.3 is 0 Å². The topological polar surface area (TPSA) is 12.0 Å². The molecule has 1 aromatic rings. The molecule has 0 aromatic heterocycles. The summed E-state index contributed by atoms with van der Waals surface area (Å²) in [5.41, 5.74) is 1.81. The number of hydrogen-bond donors (Lipinski definition) is 1. The van der Waals surface area contributed by atoms with Gasteiger partial charge in [-0.3, -0.25) is 0 Å². The Labute approximate surface area is 126 Å². The third-order valence-electron chi connectivity index (χ3n) is 4.45. The summed E-state index contributed by atoms with van der Waals surface area (Å²) in [7, 11) is 0. The molecule has 0 heterocycles. The zero-order valence-electron chi connectivity index (χ0n) is 14.1. The highest BCUT2D eigenvalue weighted by molar-refractivity contribution is 5.18. The Balaban J connectivity index is 2.59. The first kappa shape index (κ1) is 17.2. The lowest BCUT2D eigenvalue weighted by Gasteiger charge is -2.30. The average molecular weight is 275 g/mol. The van der Waals surface area contributed by atoms with Gasteiger partial charge in [-0.1, -0.05) is 84.2 Å². The fourth-order valence-electron chi connectivity index (χ4n) is 2.30. The van der Waals surface area contributed by atoms with Crippen LogP contribution in [0.25, 0.3) is 0 Å². The summed E-state index contributed by atoms with van der Waals surface area (Å²) >= 11 is 0. The highest BCUT2D eigenvalue weighted by Crippen LogP contribution is 2.26. The van der Waals surface area contributed by atoms with E-state index in [1.165, 1.54) is 31.2 Å². The smallest absolute Gasteiger partial charge is 0.0320 e. The van der Waals surface area contributed by atoms with Gasteiger partial charge in [0.25, 0.3) is 0 Å². The summed E-state index contributed by atoms with van der Waals surface area (Å²) in [6, 6.07) is 11.4. The lowest BCUT2D eigenvalue weighted by atomic mass is 9.82. The van der Waals surface area contributed by atoms with Crippen LogP contribution in [0.1, 0.15) is 71.9 Å². The Morgan fingerprint density at radius 2 is 1.70 bits per heavy atom. The first-order chi connectivity index (χ1) is 9.45. The summed E-state index contributed by atoms with van der Waals surface area (Å²) in [6.45, 7) is 12.7. The molecule has 2 atom stereocenters. The van der Waals surface area contributed by atoms with E-state index in [1.807, 2.05) is 0 Å². The van der Waals surface area contributed by atoms with Crippen LogP contribution in [0.4, 0.5) is 0 Å². The van der Waals surface area contributed by atoms with Crippen LogP contribution in [0.5, 0.6) is 0 Å². The van der Waals surface area contributed by atoms with Crippen molar-refractivity contribution < 1.29 is 0 Å². The van der Waals surface area contributed by atoms with E-state index in [4.69, 9.17) is 0 Å². The molecule has 0 aliphatic heterocycles. The molecule has 20 heavy (non-hydrogen) atoms. The van der Waals surface area contributed by atoms with Crippen LogP contribution in [0, 0.1) is 11.3 Å². The van der Waals surface area contributed by atoms with Gasteiger partial charge in [0.2, 0.25) is 0 Å². The molecule has 0 aliphatic rings. The number of unbranched alkanes of at least 4 members (excludes halogenated alkanes) is 2. The van der Waals surface area contributed by atoms with Gasteiger partial charge in [-0.2, -0.15) is 0 Å². The van der Waals surface area contributed by atoms with Crippen LogP contribution >= 0.6 is 0 Å². The summed E-state index contributed by atoms with van der Waals surface area (Å²) in [4.78, 5) is 0. The van der Waals surface area contributed by atoms with Gasteiger partial charge in [-0.25, -0.2) is 0 Å². The van der Waals surface area contributed by atoms with Crippen molar-refractivity contribution in [2.75, 3.05) is 6.54 Å². The van der Waals surface area contributed by atoms with E-state index in [0.717, 1.165) is 6.54 Å². The molecular weight excluding hydrogens is 242 g/mol. The van der Waals surface area contributed by atoms with Crippen molar-refractivity contribution in [3.63, 3.8) is 0 Å². The molecule has 1 nitrogen and oxygen atoms in total. The molecule has 1 N–H and O–H groups in total. The van der Waals surface area contributed by atoms with Crippen molar-refractivity contribution in [1.29, 1.82) is 0 Å². The number of benzene rings is 1. The normalized spacial score (nSPS) is 15.1. The van der Waals surface area contributed by atoms with Crippen LogP contribution in [0.3, 0.4) is 0 Å². The third-order valence-corrected chi connectivity index (χ3v) is 4.45. The monoisotopic (exact) mass is 275 g/mol. The minimum absolute atomic E-state index is 0.373. The number of rotatable bonds is 8. The van der Waals surface area contributed by atoms with Crippen LogP contribution in [-0.4, -0.2) is 6.54 Å². The highest BCUT2D eigenvalue weighted by atomic mass is 14.9. The fraction of sp³-hybridized carbons (Fsp3) is 0.684. The van der Waals surface area contributed by atoms with E-state index in [2.05, 4.69) is 70.3 Å². The Morgan fingerprint density at radius 1 is 1.05 bits per heavy atom. The molecule has 0 radical (unpaired) electrons. The van der Waals surface area contributed by atoms with E-state index in [1.54, 1.807) is 0 Å². The van der Waals surface area contributed by atoms with Gasteiger partial charge in [0.15, 0.2) is 0 Å². The van der Waals surface area contributed by atoms with Crippen LogP contribution in [0.15, 0.2) is 30.3 Å². The number of nitrogens with one attached hydrogen (secondary N) is 1. The maximum absolute atomic E-state index is 3.80. The minimum Gasteiger partial charge on any atom is -0.310 e. The van der Waals surface area contributed by atoms with Crippen molar-refractivity contribution in [1.82, 2.24) is 5.32 Å². The summed E-state index contributed by atoms with van der Waals surface area (Å²) in [5.74, 6) is 0.680. The first-order valence-electron chi connectivity index (χ1n) is 8.23. The second-order valence-corrected chi connectivity index (χ2v) is 7.13. The Kier molecular flexibility index (Phi) is 7.29. The SMILES string of the molecule is CCCCCC(NCC(C)C(C)(C)C)c1ccccc1. The Bertz CT molecular complexity index is 350. The van der Waals surface area contributed by atoms with Crippen molar-refractivity contribution in [2.45, 2.75) is 66.3 Å². The second-order valence-electron chi connectivity index (χ2n) is 7.13. The molecule has 0 fully saturated rings.